The predicted octanol–water partition coefficient (Wildman–Crippen LogP) is 2.13. The second-order valence-corrected chi connectivity index (χ2v) is 4.83. The van der Waals surface area contributed by atoms with Gasteiger partial charge in [-0.2, -0.15) is 0 Å². The number of carbonyl (C=O) groups is 1. The third kappa shape index (κ3) is 1.84. The van der Waals surface area contributed by atoms with Crippen LogP contribution in [-0.4, -0.2) is 20.4 Å². The van der Waals surface area contributed by atoms with Crippen LogP contribution in [0.2, 0.25) is 0 Å². The minimum atomic E-state index is 0.174. The zero-order valence-electron chi connectivity index (χ0n) is 9.89. The summed E-state index contributed by atoms with van der Waals surface area (Å²) in [5, 5.41) is 8.46. The van der Waals surface area contributed by atoms with Crippen LogP contribution in [-0.2, 0) is 11.2 Å². The zero-order chi connectivity index (χ0) is 11.8. The van der Waals surface area contributed by atoms with Gasteiger partial charge in [-0.25, -0.2) is 0 Å². The number of nitrogens with zero attached hydrogens (tertiary/aromatic N) is 3. The molecule has 4 heteroatoms. The highest BCUT2D eigenvalue weighted by Crippen LogP contribution is 2.35. The fraction of sp³-hybridized carbons (Fsp3) is 0.462. The maximum atomic E-state index is 11.1. The average Bonchev–Trinajstić information content (AvgIpc) is 2.58. The summed E-state index contributed by atoms with van der Waals surface area (Å²) in [7, 11) is 0. The van der Waals surface area contributed by atoms with Gasteiger partial charge in [0.25, 0.3) is 0 Å². The fourth-order valence-corrected chi connectivity index (χ4v) is 2.29. The summed E-state index contributed by atoms with van der Waals surface area (Å²) in [5.41, 5.74) is 1.86. The summed E-state index contributed by atoms with van der Waals surface area (Å²) < 4.78 is 2.05. The normalized spacial score (nSPS) is 16.1. The van der Waals surface area contributed by atoms with Crippen molar-refractivity contribution in [2.75, 3.05) is 0 Å². The van der Waals surface area contributed by atoms with Gasteiger partial charge < -0.3 is 0 Å². The molecule has 4 nitrogen and oxygen atoms in total. The maximum absolute atomic E-state index is 11.1. The first-order chi connectivity index (χ1) is 8.24. The van der Waals surface area contributed by atoms with Gasteiger partial charge in [-0.3, -0.25) is 9.20 Å². The van der Waals surface area contributed by atoms with Crippen molar-refractivity contribution >= 4 is 11.4 Å². The molecule has 0 N–H and O–H groups in total. The predicted molar refractivity (Wildman–Crippen MR) is 64.0 cm³/mol. The lowest BCUT2D eigenvalue weighted by Gasteiger charge is -2.23. The van der Waals surface area contributed by atoms with Gasteiger partial charge in [0, 0.05) is 18.5 Å². The minimum Gasteiger partial charge on any atom is -0.300 e. The van der Waals surface area contributed by atoms with Gasteiger partial charge in [-0.15, -0.1) is 10.2 Å². The zero-order valence-corrected chi connectivity index (χ0v) is 9.89. The van der Waals surface area contributed by atoms with Crippen LogP contribution in [0.5, 0.6) is 0 Å². The maximum Gasteiger partial charge on any atom is 0.161 e. The van der Waals surface area contributed by atoms with Gasteiger partial charge in [0.05, 0.1) is 0 Å². The van der Waals surface area contributed by atoms with Gasteiger partial charge in [0.1, 0.15) is 11.6 Å². The molecule has 0 unspecified atom stereocenters. The molecular formula is C13H15N3O. The number of ketones is 1. The smallest absolute Gasteiger partial charge is 0.161 e. The van der Waals surface area contributed by atoms with Crippen molar-refractivity contribution in [3.8, 4) is 0 Å². The van der Waals surface area contributed by atoms with Crippen molar-refractivity contribution in [3.63, 3.8) is 0 Å². The highest BCUT2D eigenvalue weighted by Gasteiger charge is 2.24. The van der Waals surface area contributed by atoms with E-state index in [0.717, 1.165) is 17.0 Å². The molecule has 3 rings (SSSR count). The molecule has 17 heavy (non-hydrogen) atoms. The second kappa shape index (κ2) is 3.95. The number of hydrogen-bond donors (Lipinski definition) is 0. The standard InChI is InChI=1S/C13H15N3O/c1-9(17)7-10-5-6-16-12(8-10)14-15-13(16)11-3-2-4-11/h5-6,8,11H,2-4,7H2,1H3. The van der Waals surface area contributed by atoms with Crippen molar-refractivity contribution in [1.29, 1.82) is 0 Å². The molecule has 0 aromatic carbocycles. The molecule has 88 valence electrons. The lowest BCUT2D eigenvalue weighted by molar-refractivity contribution is -0.116. The molecule has 1 fully saturated rings. The van der Waals surface area contributed by atoms with E-state index in [0.29, 0.717) is 12.3 Å². The molecule has 0 amide bonds. The molecular weight excluding hydrogens is 214 g/mol. The number of Topliss-reactive ketones (excluding diaryl/α,β-unsaturated/α-hetero) is 1. The van der Waals surface area contributed by atoms with Gasteiger partial charge in [-0.1, -0.05) is 6.42 Å². The second-order valence-electron chi connectivity index (χ2n) is 4.83. The molecule has 2 heterocycles. The van der Waals surface area contributed by atoms with E-state index in [9.17, 15) is 4.79 Å². The van der Waals surface area contributed by atoms with Gasteiger partial charge in [0.15, 0.2) is 5.65 Å². The van der Waals surface area contributed by atoms with Crippen LogP contribution in [0.4, 0.5) is 0 Å². The third-order valence-corrected chi connectivity index (χ3v) is 3.42. The Morgan fingerprint density at radius 2 is 2.29 bits per heavy atom. The number of fused-ring (bicyclic) bond motifs is 1. The summed E-state index contributed by atoms with van der Waals surface area (Å²) in [4.78, 5) is 11.1. The highest BCUT2D eigenvalue weighted by molar-refractivity contribution is 5.78. The average molecular weight is 229 g/mol. The van der Waals surface area contributed by atoms with E-state index in [4.69, 9.17) is 0 Å². The van der Waals surface area contributed by atoms with Crippen molar-refractivity contribution in [3.05, 3.63) is 29.7 Å². The largest absolute Gasteiger partial charge is 0.300 e. The topological polar surface area (TPSA) is 47.3 Å². The van der Waals surface area contributed by atoms with Crippen LogP contribution >= 0.6 is 0 Å². The molecule has 2 aromatic rings. The van der Waals surface area contributed by atoms with Crippen molar-refractivity contribution in [2.45, 2.75) is 38.5 Å². The van der Waals surface area contributed by atoms with E-state index in [1.54, 1.807) is 6.92 Å². The molecule has 0 radical (unpaired) electrons. The minimum absolute atomic E-state index is 0.174. The van der Waals surface area contributed by atoms with Crippen molar-refractivity contribution in [2.24, 2.45) is 0 Å². The van der Waals surface area contributed by atoms with Crippen LogP contribution < -0.4 is 0 Å². The Morgan fingerprint density at radius 3 is 2.94 bits per heavy atom. The van der Waals surface area contributed by atoms with E-state index < -0.39 is 0 Å². The van der Waals surface area contributed by atoms with Crippen molar-refractivity contribution < 1.29 is 4.79 Å². The first-order valence-electron chi connectivity index (χ1n) is 6.07. The lowest BCUT2D eigenvalue weighted by Crippen LogP contribution is -2.12. The Balaban J connectivity index is 1.98. The number of aromatic nitrogens is 3. The van der Waals surface area contributed by atoms with E-state index in [-0.39, 0.29) is 5.78 Å². The van der Waals surface area contributed by atoms with Crippen LogP contribution in [0.1, 0.15) is 43.5 Å². The Morgan fingerprint density at radius 1 is 1.47 bits per heavy atom. The molecule has 1 aliphatic rings. The van der Waals surface area contributed by atoms with Crippen LogP contribution in [0.15, 0.2) is 18.3 Å². The highest BCUT2D eigenvalue weighted by atomic mass is 16.1. The molecule has 0 atom stereocenters. The molecule has 0 saturated heterocycles. The summed E-state index contributed by atoms with van der Waals surface area (Å²) >= 11 is 0. The number of rotatable bonds is 3. The first-order valence-corrected chi connectivity index (χ1v) is 6.07. The third-order valence-electron chi connectivity index (χ3n) is 3.42. The van der Waals surface area contributed by atoms with Crippen LogP contribution in [0, 0.1) is 0 Å². The number of hydrogen-bond acceptors (Lipinski definition) is 3. The van der Waals surface area contributed by atoms with Gasteiger partial charge in [-0.05, 0) is 37.5 Å². The molecule has 0 aliphatic heterocycles. The Kier molecular flexibility index (Phi) is 2.42. The first kappa shape index (κ1) is 10.4. The lowest BCUT2D eigenvalue weighted by atomic mass is 9.85. The summed E-state index contributed by atoms with van der Waals surface area (Å²) in [6.45, 7) is 1.60. The molecule has 0 bridgehead atoms. The molecule has 1 aliphatic carbocycles. The van der Waals surface area contributed by atoms with Crippen LogP contribution in [0.25, 0.3) is 5.65 Å². The Hall–Kier alpha value is -1.71. The van der Waals surface area contributed by atoms with E-state index in [1.807, 2.05) is 22.7 Å². The summed E-state index contributed by atoms with van der Waals surface area (Å²) in [5.74, 6) is 1.82. The van der Waals surface area contributed by atoms with Crippen molar-refractivity contribution in [1.82, 2.24) is 14.6 Å². The Bertz CT molecular complexity index is 569. The number of carbonyl (C=O) groups excluding carboxylic acids is 1. The fourth-order valence-electron chi connectivity index (χ4n) is 2.29. The summed E-state index contributed by atoms with van der Waals surface area (Å²) in [6.07, 6.45) is 6.19. The van der Waals surface area contributed by atoms with Gasteiger partial charge in [0.2, 0.25) is 0 Å². The molecule has 1 saturated carbocycles. The SMILES string of the molecule is CC(=O)Cc1ccn2c(C3CCC3)nnc2c1. The molecule has 2 aromatic heterocycles. The number of pyridine rings is 1. The van der Waals surface area contributed by atoms with Gasteiger partial charge >= 0.3 is 0 Å². The van der Waals surface area contributed by atoms with E-state index in [1.165, 1.54) is 19.3 Å². The van der Waals surface area contributed by atoms with Crippen LogP contribution in [0.3, 0.4) is 0 Å². The summed E-state index contributed by atoms with van der Waals surface area (Å²) in [6, 6.07) is 3.94. The molecule has 0 spiro atoms. The monoisotopic (exact) mass is 229 g/mol. The van der Waals surface area contributed by atoms with E-state index in [2.05, 4.69) is 10.2 Å². The van der Waals surface area contributed by atoms with E-state index >= 15 is 0 Å². The quantitative estimate of drug-likeness (QED) is 0.810. The Labute approximate surface area is 99.7 Å².